The van der Waals surface area contributed by atoms with Gasteiger partial charge in [0.25, 0.3) is 0 Å². The molecular formula is C27H36N2O4. The Morgan fingerprint density at radius 1 is 0.970 bits per heavy atom. The quantitative estimate of drug-likeness (QED) is 0.486. The van der Waals surface area contributed by atoms with Crippen molar-refractivity contribution in [3.05, 3.63) is 52.3 Å². The summed E-state index contributed by atoms with van der Waals surface area (Å²) in [6.07, 6.45) is 1.13. The minimum absolute atomic E-state index is 0.101. The summed E-state index contributed by atoms with van der Waals surface area (Å²) in [6.45, 7) is 14.6. The molecule has 0 atom stereocenters. The van der Waals surface area contributed by atoms with Crippen LogP contribution in [0.5, 0.6) is 0 Å². The van der Waals surface area contributed by atoms with Crippen LogP contribution in [0.4, 0.5) is 0 Å². The zero-order valence-corrected chi connectivity index (χ0v) is 20.9. The van der Waals surface area contributed by atoms with Crippen LogP contribution in [0.3, 0.4) is 0 Å². The number of esters is 1. The van der Waals surface area contributed by atoms with E-state index < -0.39 is 5.41 Å². The highest BCUT2D eigenvalue weighted by molar-refractivity contribution is 5.99. The highest BCUT2D eigenvalue weighted by Gasteiger charge is 2.33. The molecule has 1 aliphatic rings. The summed E-state index contributed by atoms with van der Waals surface area (Å²) in [5.74, 6) is -0.727. The molecule has 1 fully saturated rings. The number of aromatic nitrogens is 1. The van der Waals surface area contributed by atoms with Gasteiger partial charge in [-0.05, 0) is 69.9 Å². The number of hydrogen-bond acceptors (Lipinski definition) is 4. The van der Waals surface area contributed by atoms with Gasteiger partial charge < -0.3 is 14.2 Å². The van der Waals surface area contributed by atoms with Gasteiger partial charge in [0.2, 0.25) is 11.7 Å². The third-order valence-electron chi connectivity index (χ3n) is 6.58. The number of nitrogens with zero attached hydrogens (tertiary/aromatic N) is 2. The van der Waals surface area contributed by atoms with Gasteiger partial charge in [0.15, 0.2) is 6.61 Å². The van der Waals surface area contributed by atoms with E-state index in [2.05, 4.69) is 30.5 Å². The fourth-order valence-electron chi connectivity index (χ4n) is 4.43. The summed E-state index contributed by atoms with van der Waals surface area (Å²) < 4.78 is 7.46. The van der Waals surface area contributed by atoms with Crippen LogP contribution < -0.4 is 0 Å². The maximum Gasteiger partial charge on any atom is 0.309 e. The predicted octanol–water partition coefficient (Wildman–Crippen LogP) is 4.72. The molecule has 1 saturated heterocycles. The van der Waals surface area contributed by atoms with Gasteiger partial charge >= 0.3 is 5.97 Å². The van der Waals surface area contributed by atoms with Crippen molar-refractivity contribution < 1.29 is 19.1 Å². The second-order valence-electron chi connectivity index (χ2n) is 10.2. The lowest BCUT2D eigenvalue weighted by molar-refractivity contribution is -0.152. The van der Waals surface area contributed by atoms with E-state index in [1.807, 2.05) is 51.7 Å². The smallest absolute Gasteiger partial charge is 0.309 e. The highest BCUT2D eigenvalue weighted by Crippen LogP contribution is 2.25. The van der Waals surface area contributed by atoms with Crippen molar-refractivity contribution in [2.24, 2.45) is 11.3 Å². The summed E-state index contributed by atoms with van der Waals surface area (Å²) in [5.41, 5.74) is 5.37. The van der Waals surface area contributed by atoms with Crippen molar-refractivity contribution in [1.29, 1.82) is 0 Å². The Labute approximate surface area is 196 Å². The first-order chi connectivity index (χ1) is 15.4. The van der Waals surface area contributed by atoms with Crippen LogP contribution in [0.1, 0.15) is 66.5 Å². The number of carbonyl (C=O) groups is 3. The van der Waals surface area contributed by atoms with E-state index in [0.717, 1.165) is 17.1 Å². The Hall–Kier alpha value is -2.89. The molecule has 0 bridgehead atoms. The molecule has 1 amide bonds. The molecule has 33 heavy (non-hydrogen) atoms. The second kappa shape index (κ2) is 9.54. The maximum absolute atomic E-state index is 12.9. The average molecular weight is 453 g/mol. The molecule has 0 radical (unpaired) electrons. The molecular weight excluding hydrogens is 416 g/mol. The Balaban J connectivity index is 1.61. The Bertz CT molecular complexity index is 1070. The number of aryl methyl sites for hydroxylation is 3. The number of benzene rings is 1. The summed E-state index contributed by atoms with van der Waals surface area (Å²) in [5, 5.41) is 0. The van der Waals surface area contributed by atoms with E-state index in [0.29, 0.717) is 31.5 Å². The molecule has 3 rings (SSSR count). The first-order valence-corrected chi connectivity index (χ1v) is 11.7. The highest BCUT2D eigenvalue weighted by atomic mass is 16.5. The third-order valence-corrected chi connectivity index (χ3v) is 6.58. The SMILES string of the molecule is Cc1ccc(-n2c(C)cc(C(=O)COC(=O)C3CCN(C(=O)C(C)(C)C)CC3)c2C)cc1C. The molecule has 2 heterocycles. The van der Waals surface area contributed by atoms with Crippen LogP contribution >= 0.6 is 0 Å². The van der Waals surface area contributed by atoms with Gasteiger partial charge in [0, 0.05) is 41.1 Å². The van der Waals surface area contributed by atoms with Crippen LogP contribution in [0, 0.1) is 39.0 Å². The minimum atomic E-state index is -0.427. The first-order valence-electron chi connectivity index (χ1n) is 11.7. The van der Waals surface area contributed by atoms with Crippen molar-refractivity contribution in [3.8, 4) is 5.69 Å². The van der Waals surface area contributed by atoms with E-state index in [1.165, 1.54) is 11.1 Å². The monoisotopic (exact) mass is 452 g/mol. The standard InChI is InChI=1S/C27H36N2O4/c1-17-8-9-22(14-18(17)2)29-19(3)15-23(20(29)4)24(30)16-33-25(31)21-10-12-28(13-11-21)26(32)27(5,6)7/h8-9,14-15,21H,10-13,16H2,1-7H3. The Morgan fingerprint density at radius 2 is 1.61 bits per heavy atom. The molecule has 0 unspecified atom stereocenters. The average Bonchev–Trinajstić information content (AvgIpc) is 3.06. The molecule has 1 aliphatic heterocycles. The number of piperidine rings is 1. The number of ketones is 1. The lowest BCUT2D eigenvalue weighted by Crippen LogP contribution is -2.45. The van der Waals surface area contributed by atoms with Crippen molar-refractivity contribution in [1.82, 2.24) is 9.47 Å². The molecule has 6 nitrogen and oxygen atoms in total. The van der Waals surface area contributed by atoms with Gasteiger partial charge in [0.1, 0.15) is 0 Å². The molecule has 0 aliphatic carbocycles. The van der Waals surface area contributed by atoms with Crippen LogP contribution in [0.15, 0.2) is 24.3 Å². The number of rotatable bonds is 5. The maximum atomic E-state index is 12.9. The summed E-state index contributed by atoms with van der Waals surface area (Å²) in [4.78, 5) is 39.7. The zero-order chi connectivity index (χ0) is 24.5. The van der Waals surface area contributed by atoms with Gasteiger partial charge in [-0.1, -0.05) is 26.8 Å². The van der Waals surface area contributed by atoms with Gasteiger partial charge in [-0.3, -0.25) is 14.4 Å². The summed E-state index contributed by atoms with van der Waals surface area (Å²) in [6, 6.07) is 8.10. The second-order valence-corrected chi connectivity index (χ2v) is 10.2. The Morgan fingerprint density at radius 3 is 2.18 bits per heavy atom. The van der Waals surface area contributed by atoms with Crippen LogP contribution in [0.25, 0.3) is 5.69 Å². The van der Waals surface area contributed by atoms with Gasteiger partial charge in [-0.25, -0.2) is 0 Å². The lowest BCUT2D eigenvalue weighted by atomic mass is 9.91. The number of amides is 1. The van der Waals surface area contributed by atoms with Crippen LogP contribution in [0.2, 0.25) is 0 Å². The van der Waals surface area contributed by atoms with Gasteiger partial charge in [-0.2, -0.15) is 0 Å². The minimum Gasteiger partial charge on any atom is -0.457 e. The summed E-state index contributed by atoms with van der Waals surface area (Å²) in [7, 11) is 0. The molecule has 1 aromatic heterocycles. The fourth-order valence-corrected chi connectivity index (χ4v) is 4.43. The molecule has 1 aromatic carbocycles. The molecule has 178 valence electrons. The van der Waals surface area contributed by atoms with E-state index in [-0.39, 0.29) is 30.2 Å². The van der Waals surface area contributed by atoms with E-state index in [4.69, 9.17) is 4.74 Å². The molecule has 2 aromatic rings. The Kier molecular flexibility index (Phi) is 7.15. The van der Waals surface area contributed by atoms with E-state index >= 15 is 0 Å². The molecule has 0 N–H and O–H groups in total. The number of Topliss-reactive ketones (excluding diaryl/α,β-unsaturated/α-hetero) is 1. The normalized spacial score (nSPS) is 14.9. The first kappa shape index (κ1) is 24.7. The van der Waals surface area contributed by atoms with Crippen molar-refractivity contribution >= 4 is 17.7 Å². The number of carbonyl (C=O) groups excluding carboxylic acids is 3. The number of ether oxygens (including phenoxy) is 1. The number of likely N-dealkylation sites (tertiary alicyclic amines) is 1. The van der Waals surface area contributed by atoms with Crippen molar-refractivity contribution in [3.63, 3.8) is 0 Å². The lowest BCUT2D eigenvalue weighted by Gasteiger charge is -2.34. The van der Waals surface area contributed by atoms with E-state index in [1.54, 1.807) is 0 Å². The van der Waals surface area contributed by atoms with Crippen molar-refractivity contribution in [2.45, 2.75) is 61.3 Å². The topological polar surface area (TPSA) is 68.6 Å². The fraction of sp³-hybridized carbons (Fsp3) is 0.519. The van der Waals surface area contributed by atoms with E-state index in [9.17, 15) is 14.4 Å². The van der Waals surface area contributed by atoms with Gasteiger partial charge in [-0.15, -0.1) is 0 Å². The molecule has 0 saturated carbocycles. The van der Waals surface area contributed by atoms with Crippen LogP contribution in [-0.4, -0.2) is 46.8 Å². The molecule has 0 spiro atoms. The van der Waals surface area contributed by atoms with Crippen LogP contribution in [-0.2, 0) is 14.3 Å². The van der Waals surface area contributed by atoms with Gasteiger partial charge in [0.05, 0.1) is 5.92 Å². The largest absolute Gasteiger partial charge is 0.457 e. The summed E-state index contributed by atoms with van der Waals surface area (Å²) >= 11 is 0. The predicted molar refractivity (Wildman–Crippen MR) is 129 cm³/mol. The third kappa shape index (κ3) is 5.37. The number of hydrogen-bond donors (Lipinski definition) is 0. The molecule has 6 heteroatoms. The zero-order valence-electron chi connectivity index (χ0n) is 20.9. The van der Waals surface area contributed by atoms with Crippen molar-refractivity contribution in [2.75, 3.05) is 19.7 Å².